The van der Waals surface area contributed by atoms with Crippen molar-refractivity contribution in [2.24, 2.45) is 0 Å². The van der Waals surface area contributed by atoms with E-state index in [0.29, 0.717) is 45.0 Å². The number of hydrogen-bond donors (Lipinski definition) is 3. The quantitative estimate of drug-likeness (QED) is 0.285. The van der Waals surface area contributed by atoms with Gasteiger partial charge in [0.1, 0.15) is 16.5 Å². The number of rotatable bonds is 7. The maximum Gasteiger partial charge on any atom is 0.165 e. The summed E-state index contributed by atoms with van der Waals surface area (Å²) in [6, 6.07) is 14.0. The summed E-state index contributed by atoms with van der Waals surface area (Å²) in [5.74, 6) is -0.462. The second-order valence-corrected chi connectivity index (χ2v) is 10.4. The summed E-state index contributed by atoms with van der Waals surface area (Å²) < 4.78 is 37.3. The first-order chi connectivity index (χ1) is 17.8. The van der Waals surface area contributed by atoms with Crippen LogP contribution in [-0.4, -0.2) is 61.6 Å². The van der Waals surface area contributed by atoms with Crippen molar-refractivity contribution in [3.05, 3.63) is 72.3 Å². The lowest BCUT2D eigenvalue weighted by Crippen LogP contribution is -2.31. The van der Waals surface area contributed by atoms with Gasteiger partial charge in [-0.15, -0.1) is 12.4 Å². The van der Waals surface area contributed by atoms with Gasteiger partial charge in [0, 0.05) is 41.8 Å². The van der Waals surface area contributed by atoms with E-state index in [1.165, 1.54) is 12.1 Å². The Balaban J connectivity index is 0.00000336. The highest BCUT2D eigenvalue weighted by Gasteiger charge is 2.24. The largest absolute Gasteiger partial charge is 0.504 e. The Bertz CT molecular complexity index is 1520. The molecule has 2 aromatic heterocycles. The lowest BCUT2D eigenvalue weighted by Gasteiger charge is -2.21. The van der Waals surface area contributed by atoms with Gasteiger partial charge in [-0.2, -0.15) is 0 Å². The second-order valence-electron chi connectivity index (χ2n) is 9.40. The Morgan fingerprint density at radius 3 is 2.63 bits per heavy atom. The Labute approximate surface area is 228 Å². The van der Waals surface area contributed by atoms with Gasteiger partial charge in [-0.3, -0.25) is 4.98 Å². The Morgan fingerprint density at radius 2 is 1.95 bits per heavy atom. The molecule has 0 aliphatic carbocycles. The smallest absolute Gasteiger partial charge is 0.165 e. The number of fused-ring (bicyclic) bond motifs is 1. The predicted molar refractivity (Wildman–Crippen MR) is 152 cm³/mol. The maximum absolute atomic E-state index is 14.0. The summed E-state index contributed by atoms with van der Waals surface area (Å²) in [6.45, 7) is 1.85. The molecule has 1 aliphatic rings. The molecule has 0 bridgehead atoms. The molecule has 11 heteroatoms. The zero-order valence-electron chi connectivity index (χ0n) is 21.0. The summed E-state index contributed by atoms with van der Waals surface area (Å²) in [7, 11) is 1.47. The van der Waals surface area contributed by atoms with Gasteiger partial charge in [0.15, 0.2) is 11.6 Å². The molecule has 1 saturated heterocycles. The number of anilines is 3. The first kappa shape index (κ1) is 27.6. The highest BCUT2D eigenvalue weighted by atomic mass is 35.5. The molecule has 200 valence electrons. The lowest BCUT2D eigenvalue weighted by molar-refractivity contribution is 0.315. The van der Waals surface area contributed by atoms with Crippen molar-refractivity contribution in [2.45, 2.75) is 18.2 Å². The van der Waals surface area contributed by atoms with E-state index in [1.54, 1.807) is 36.7 Å². The number of halogens is 2. The summed E-state index contributed by atoms with van der Waals surface area (Å²) in [5, 5.41) is 14.2. The molecule has 5 rings (SSSR count). The number of thiol groups is 1. The predicted octanol–water partition coefficient (Wildman–Crippen LogP) is 4.56. The zero-order valence-corrected chi connectivity index (χ0v) is 22.7. The van der Waals surface area contributed by atoms with Gasteiger partial charge in [0.25, 0.3) is 0 Å². The van der Waals surface area contributed by atoms with E-state index in [2.05, 4.69) is 39.2 Å². The van der Waals surface area contributed by atoms with Crippen molar-refractivity contribution in [2.75, 3.05) is 37.4 Å². The number of phenols is 1. The van der Waals surface area contributed by atoms with Crippen LogP contribution in [0.1, 0.15) is 12.0 Å². The topological polar surface area (TPSA) is 98.7 Å². The van der Waals surface area contributed by atoms with E-state index in [4.69, 9.17) is 0 Å². The van der Waals surface area contributed by atoms with Crippen LogP contribution in [0.4, 0.5) is 21.6 Å². The van der Waals surface area contributed by atoms with Crippen LogP contribution in [0.5, 0.6) is 5.75 Å². The van der Waals surface area contributed by atoms with Crippen LogP contribution in [0.15, 0.2) is 60.9 Å². The van der Waals surface area contributed by atoms with Crippen molar-refractivity contribution < 1.29 is 17.9 Å². The number of phenolic OH excluding ortho intramolecular Hbond substituents is 1. The summed E-state index contributed by atoms with van der Waals surface area (Å²) in [5.41, 5.74) is 3.31. The van der Waals surface area contributed by atoms with Crippen molar-refractivity contribution in [1.82, 2.24) is 14.9 Å². The SMILES string of the molecule is CN(C)C1CCN(c2ccc(Nc3c(C[SH](=O)=O)cnc4ccc(-c5cccc(F)c5O)cc34)cn2)C1.Cl. The minimum Gasteiger partial charge on any atom is -0.504 e. The highest BCUT2D eigenvalue weighted by Crippen LogP contribution is 2.36. The molecule has 0 amide bonds. The van der Waals surface area contributed by atoms with Crippen LogP contribution in [0, 0.1) is 5.82 Å². The average molecular weight is 558 g/mol. The number of para-hydroxylation sites is 1. The van der Waals surface area contributed by atoms with Crippen LogP contribution >= 0.6 is 12.4 Å². The van der Waals surface area contributed by atoms with Crippen molar-refractivity contribution in [3.8, 4) is 16.9 Å². The standard InChI is InChI=1S/C27H28FN5O3S.ClH/c1-32(2)20-10-11-33(15-20)25-9-7-19(14-30-25)31-26-18(16-37(35)36)13-29-24-8-6-17(12-22(24)26)21-4-3-5-23(28)27(21)34;/h3-9,12-14,20,34,37H,10-11,15-16H2,1-2H3,(H,29,31);1H. The van der Waals surface area contributed by atoms with E-state index < -0.39 is 22.3 Å². The number of pyridine rings is 2. The van der Waals surface area contributed by atoms with E-state index in [-0.39, 0.29) is 18.2 Å². The lowest BCUT2D eigenvalue weighted by atomic mass is 10.0. The Kier molecular flexibility index (Phi) is 8.35. The number of likely N-dealkylation sites (N-methyl/N-ethyl adjacent to an activating group) is 1. The van der Waals surface area contributed by atoms with E-state index >= 15 is 0 Å². The molecule has 0 radical (unpaired) electrons. The van der Waals surface area contributed by atoms with Crippen LogP contribution < -0.4 is 10.2 Å². The average Bonchev–Trinajstić information content (AvgIpc) is 3.38. The Morgan fingerprint density at radius 1 is 1.13 bits per heavy atom. The van der Waals surface area contributed by atoms with Crippen LogP contribution in [-0.2, 0) is 16.5 Å². The minimum atomic E-state index is -2.70. The number of nitrogens with one attached hydrogen (secondary N) is 1. The molecule has 1 aliphatic heterocycles. The molecule has 1 fully saturated rings. The molecule has 38 heavy (non-hydrogen) atoms. The van der Waals surface area contributed by atoms with Crippen molar-refractivity contribution in [3.63, 3.8) is 0 Å². The monoisotopic (exact) mass is 557 g/mol. The van der Waals surface area contributed by atoms with E-state index in [0.717, 1.165) is 25.3 Å². The van der Waals surface area contributed by atoms with Crippen LogP contribution in [0.25, 0.3) is 22.0 Å². The fraction of sp³-hybridized carbons (Fsp3) is 0.259. The molecule has 1 unspecified atom stereocenters. The van der Waals surface area contributed by atoms with E-state index in [9.17, 15) is 17.9 Å². The summed E-state index contributed by atoms with van der Waals surface area (Å²) in [6.07, 6.45) is 4.36. The highest BCUT2D eigenvalue weighted by molar-refractivity contribution is 7.71. The van der Waals surface area contributed by atoms with Crippen molar-refractivity contribution in [1.29, 1.82) is 0 Å². The Hall–Kier alpha value is -3.47. The van der Waals surface area contributed by atoms with E-state index in [1.807, 2.05) is 12.1 Å². The molecular formula is C27H29ClFN5O3S. The molecule has 0 spiro atoms. The number of hydrogen-bond acceptors (Lipinski definition) is 8. The van der Waals surface area contributed by atoms with Gasteiger partial charge in [-0.25, -0.2) is 17.8 Å². The second kappa shape index (κ2) is 11.5. The maximum atomic E-state index is 14.0. The first-order valence-electron chi connectivity index (χ1n) is 12.0. The third-order valence-electron chi connectivity index (χ3n) is 6.78. The third-order valence-corrected chi connectivity index (χ3v) is 7.38. The number of nitrogens with zero attached hydrogens (tertiary/aromatic N) is 4. The number of benzene rings is 2. The molecule has 2 N–H and O–H groups in total. The van der Waals surface area contributed by atoms with Gasteiger partial charge < -0.3 is 20.2 Å². The first-order valence-corrected chi connectivity index (χ1v) is 13.3. The summed E-state index contributed by atoms with van der Waals surface area (Å²) >= 11 is 0. The molecular weight excluding hydrogens is 529 g/mol. The summed E-state index contributed by atoms with van der Waals surface area (Å²) in [4.78, 5) is 13.5. The molecule has 4 aromatic rings. The van der Waals surface area contributed by atoms with Gasteiger partial charge in [0.2, 0.25) is 0 Å². The molecule has 1 atom stereocenters. The van der Waals surface area contributed by atoms with Crippen molar-refractivity contribution >= 4 is 51.2 Å². The zero-order chi connectivity index (χ0) is 26.1. The molecule has 2 aromatic carbocycles. The van der Waals surface area contributed by atoms with Gasteiger partial charge >= 0.3 is 0 Å². The van der Waals surface area contributed by atoms with Gasteiger partial charge in [-0.05, 0) is 56.4 Å². The third kappa shape index (κ3) is 5.67. The molecule has 3 heterocycles. The fourth-order valence-corrected chi connectivity index (χ4v) is 5.24. The number of aromatic hydroxyl groups is 1. The fourth-order valence-electron chi connectivity index (χ4n) is 4.72. The van der Waals surface area contributed by atoms with Crippen LogP contribution in [0.2, 0.25) is 0 Å². The number of aromatic nitrogens is 2. The van der Waals surface area contributed by atoms with Crippen LogP contribution in [0.3, 0.4) is 0 Å². The minimum absolute atomic E-state index is 0. The van der Waals surface area contributed by atoms with Gasteiger partial charge in [-0.1, -0.05) is 18.2 Å². The normalized spacial score (nSPS) is 15.3. The molecule has 8 nitrogen and oxygen atoms in total. The van der Waals surface area contributed by atoms with Gasteiger partial charge in [0.05, 0.1) is 28.8 Å². The molecule has 0 saturated carbocycles.